The number of aromatic nitrogens is 1. The first-order chi connectivity index (χ1) is 9.60. The van der Waals surface area contributed by atoms with Gasteiger partial charge >= 0.3 is 0 Å². The summed E-state index contributed by atoms with van der Waals surface area (Å²) in [6.45, 7) is 0.397. The van der Waals surface area contributed by atoms with Crippen LogP contribution in [0.1, 0.15) is 16.1 Å². The Balaban J connectivity index is 2.11. The van der Waals surface area contributed by atoms with Gasteiger partial charge in [-0.05, 0) is 30.3 Å². The van der Waals surface area contributed by atoms with Crippen molar-refractivity contribution in [1.29, 1.82) is 0 Å². The SMILES string of the molecule is CNC(=O)c1cc(NCc2cc(N)ccc2O)ccn1. The number of anilines is 2. The summed E-state index contributed by atoms with van der Waals surface area (Å²) in [5.74, 6) is -0.0762. The lowest BCUT2D eigenvalue weighted by atomic mass is 10.1. The summed E-state index contributed by atoms with van der Waals surface area (Å²) in [5.41, 5.74) is 8.01. The lowest BCUT2D eigenvalue weighted by Gasteiger charge is -2.09. The van der Waals surface area contributed by atoms with E-state index in [-0.39, 0.29) is 11.7 Å². The van der Waals surface area contributed by atoms with Gasteiger partial charge in [-0.15, -0.1) is 0 Å². The number of aromatic hydroxyl groups is 1. The van der Waals surface area contributed by atoms with E-state index in [1.54, 1.807) is 43.6 Å². The number of phenolic OH excluding ortho intramolecular Hbond substituents is 1. The minimum atomic E-state index is -0.250. The van der Waals surface area contributed by atoms with Gasteiger partial charge in [0.1, 0.15) is 11.4 Å². The first-order valence-corrected chi connectivity index (χ1v) is 6.09. The summed E-state index contributed by atoms with van der Waals surface area (Å²) >= 11 is 0. The number of hydrogen-bond donors (Lipinski definition) is 4. The van der Waals surface area contributed by atoms with Gasteiger partial charge in [0.05, 0.1) is 0 Å². The van der Waals surface area contributed by atoms with E-state index < -0.39 is 0 Å². The van der Waals surface area contributed by atoms with Crippen molar-refractivity contribution in [2.24, 2.45) is 0 Å². The lowest BCUT2D eigenvalue weighted by Crippen LogP contribution is -2.19. The quantitative estimate of drug-likeness (QED) is 0.497. The molecule has 0 saturated carbocycles. The average Bonchev–Trinajstić information content (AvgIpc) is 2.47. The molecule has 0 unspecified atom stereocenters. The van der Waals surface area contributed by atoms with Gasteiger partial charge in [-0.2, -0.15) is 0 Å². The molecular weight excluding hydrogens is 256 g/mol. The predicted octanol–water partition coefficient (Wildman–Crippen LogP) is 1.34. The van der Waals surface area contributed by atoms with Crippen LogP contribution in [-0.4, -0.2) is 23.0 Å². The summed E-state index contributed by atoms with van der Waals surface area (Å²) in [4.78, 5) is 15.5. The molecule has 0 fully saturated rings. The molecule has 0 aliphatic carbocycles. The molecule has 0 bridgehead atoms. The molecular formula is C14H16N4O2. The van der Waals surface area contributed by atoms with Crippen LogP contribution in [0.25, 0.3) is 0 Å². The Kier molecular flexibility index (Phi) is 4.05. The van der Waals surface area contributed by atoms with Gasteiger partial charge in [0.2, 0.25) is 0 Å². The molecule has 0 aliphatic rings. The molecule has 6 heteroatoms. The fourth-order valence-electron chi connectivity index (χ4n) is 1.74. The van der Waals surface area contributed by atoms with E-state index in [1.165, 1.54) is 0 Å². The topological polar surface area (TPSA) is 100 Å². The van der Waals surface area contributed by atoms with Crippen molar-refractivity contribution in [3.05, 3.63) is 47.8 Å². The number of hydrogen-bond acceptors (Lipinski definition) is 5. The van der Waals surface area contributed by atoms with Gasteiger partial charge in [-0.3, -0.25) is 9.78 Å². The summed E-state index contributed by atoms with van der Waals surface area (Å²) in [7, 11) is 1.55. The number of phenols is 1. The number of rotatable bonds is 4. The maximum atomic E-state index is 11.5. The maximum Gasteiger partial charge on any atom is 0.269 e. The Labute approximate surface area is 116 Å². The van der Waals surface area contributed by atoms with Crippen molar-refractivity contribution >= 4 is 17.3 Å². The number of pyridine rings is 1. The molecule has 1 amide bonds. The fourth-order valence-corrected chi connectivity index (χ4v) is 1.74. The van der Waals surface area contributed by atoms with Gasteiger partial charge in [0, 0.05) is 36.7 Å². The van der Waals surface area contributed by atoms with Crippen LogP contribution in [0.4, 0.5) is 11.4 Å². The standard InChI is InChI=1S/C14H16N4O2/c1-16-14(20)12-7-11(4-5-17-12)18-8-9-6-10(15)2-3-13(9)19/h2-7,19H,8,15H2,1H3,(H,16,20)(H,17,18). The molecule has 1 aromatic heterocycles. The van der Waals surface area contributed by atoms with Gasteiger partial charge in [0.25, 0.3) is 5.91 Å². The first kappa shape index (κ1) is 13.7. The summed E-state index contributed by atoms with van der Waals surface area (Å²) in [6.07, 6.45) is 1.55. The van der Waals surface area contributed by atoms with Crippen molar-refractivity contribution in [2.45, 2.75) is 6.54 Å². The van der Waals surface area contributed by atoms with Crippen LogP contribution < -0.4 is 16.4 Å². The molecule has 0 atom stereocenters. The molecule has 2 rings (SSSR count). The van der Waals surface area contributed by atoms with E-state index in [0.29, 0.717) is 23.5 Å². The molecule has 104 valence electrons. The van der Waals surface area contributed by atoms with Crippen molar-refractivity contribution < 1.29 is 9.90 Å². The van der Waals surface area contributed by atoms with Crippen molar-refractivity contribution in [1.82, 2.24) is 10.3 Å². The number of carbonyl (C=O) groups excluding carboxylic acids is 1. The lowest BCUT2D eigenvalue weighted by molar-refractivity contribution is 0.0958. The highest BCUT2D eigenvalue weighted by Gasteiger charge is 2.06. The molecule has 0 spiro atoms. The number of amides is 1. The van der Waals surface area contributed by atoms with E-state index in [1.807, 2.05) is 0 Å². The number of carbonyl (C=O) groups is 1. The Morgan fingerprint density at radius 3 is 2.90 bits per heavy atom. The van der Waals surface area contributed by atoms with E-state index in [0.717, 1.165) is 5.69 Å². The van der Waals surface area contributed by atoms with Crippen molar-refractivity contribution in [3.63, 3.8) is 0 Å². The minimum Gasteiger partial charge on any atom is -0.508 e. The molecule has 0 aliphatic heterocycles. The number of nitrogens with one attached hydrogen (secondary N) is 2. The minimum absolute atomic E-state index is 0.173. The smallest absolute Gasteiger partial charge is 0.269 e. The maximum absolute atomic E-state index is 11.5. The zero-order chi connectivity index (χ0) is 14.5. The second-order valence-electron chi connectivity index (χ2n) is 4.25. The van der Waals surface area contributed by atoms with E-state index in [4.69, 9.17) is 5.73 Å². The van der Waals surface area contributed by atoms with Gasteiger partial charge in [-0.25, -0.2) is 0 Å². The molecule has 5 N–H and O–H groups in total. The molecule has 0 radical (unpaired) electrons. The van der Waals surface area contributed by atoms with E-state index in [9.17, 15) is 9.90 Å². The van der Waals surface area contributed by atoms with Crippen LogP contribution in [0.5, 0.6) is 5.75 Å². The Morgan fingerprint density at radius 1 is 1.35 bits per heavy atom. The zero-order valence-corrected chi connectivity index (χ0v) is 11.1. The molecule has 1 heterocycles. The van der Waals surface area contributed by atoms with Gasteiger partial charge in [-0.1, -0.05) is 0 Å². The third-order valence-corrected chi connectivity index (χ3v) is 2.81. The second kappa shape index (κ2) is 5.92. The monoisotopic (exact) mass is 272 g/mol. The number of nitrogens with two attached hydrogens (primary N) is 1. The van der Waals surface area contributed by atoms with Crippen LogP contribution >= 0.6 is 0 Å². The Morgan fingerprint density at radius 2 is 2.15 bits per heavy atom. The van der Waals surface area contributed by atoms with Gasteiger partial charge < -0.3 is 21.5 Å². The average molecular weight is 272 g/mol. The van der Waals surface area contributed by atoms with Gasteiger partial charge in [0.15, 0.2) is 0 Å². The van der Waals surface area contributed by atoms with Crippen LogP contribution in [0.2, 0.25) is 0 Å². The van der Waals surface area contributed by atoms with Crippen LogP contribution in [0.3, 0.4) is 0 Å². The normalized spacial score (nSPS) is 10.1. The summed E-state index contributed by atoms with van der Waals surface area (Å²) in [5, 5.41) is 15.3. The largest absolute Gasteiger partial charge is 0.508 e. The third kappa shape index (κ3) is 3.17. The predicted molar refractivity (Wildman–Crippen MR) is 77.5 cm³/mol. The number of nitrogen functional groups attached to an aromatic ring is 1. The number of nitrogens with zero attached hydrogens (tertiary/aromatic N) is 1. The molecule has 20 heavy (non-hydrogen) atoms. The summed E-state index contributed by atoms with van der Waals surface area (Å²) in [6, 6.07) is 8.27. The van der Waals surface area contributed by atoms with E-state index >= 15 is 0 Å². The highest BCUT2D eigenvalue weighted by molar-refractivity contribution is 5.92. The third-order valence-electron chi connectivity index (χ3n) is 2.81. The molecule has 6 nitrogen and oxygen atoms in total. The first-order valence-electron chi connectivity index (χ1n) is 6.09. The van der Waals surface area contributed by atoms with Crippen molar-refractivity contribution in [2.75, 3.05) is 18.1 Å². The molecule has 0 saturated heterocycles. The highest BCUT2D eigenvalue weighted by Crippen LogP contribution is 2.21. The Bertz CT molecular complexity index is 628. The van der Waals surface area contributed by atoms with Crippen molar-refractivity contribution in [3.8, 4) is 5.75 Å². The summed E-state index contributed by atoms with van der Waals surface area (Å²) < 4.78 is 0. The zero-order valence-electron chi connectivity index (χ0n) is 11.1. The molecule has 1 aromatic carbocycles. The van der Waals surface area contributed by atoms with Crippen LogP contribution in [0, 0.1) is 0 Å². The van der Waals surface area contributed by atoms with Crippen LogP contribution in [0.15, 0.2) is 36.5 Å². The second-order valence-corrected chi connectivity index (χ2v) is 4.25. The number of benzene rings is 1. The highest BCUT2D eigenvalue weighted by atomic mass is 16.3. The Hall–Kier alpha value is -2.76. The molecule has 2 aromatic rings. The van der Waals surface area contributed by atoms with E-state index in [2.05, 4.69) is 15.6 Å². The fraction of sp³-hybridized carbons (Fsp3) is 0.143. The van der Waals surface area contributed by atoms with Crippen LogP contribution in [-0.2, 0) is 6.54 Å².